The molecule has 0 aliphatic carbocycles. The minimum atomic E-state index is -1.62. The highest BCUT2D eigenvalue weighted by Crippen LogP contribution is 2.30. The number of imide groups is 1. The summed E-state index contributed by atoms with van der Waals surface area (Å²) < 4.78 is 10.9. The Morgan fingerprint density at radius 1 is 0.833 bits per heavy atom. The highest BCUT2D eigenvalue weighted by Gasteiger charge is 2.50. The number of hydrazine groups is 1. The molecule has 12 nitrogen and oxygen atoms in total. The number of aliphatic carboxylic acids is 1. The second-order valence-corrected chi connectivity index (χ2v) is 12.7. The van der Waals surface area contributed by atoms with Gasteiger partial charge in [-0.25, -0.2) is 19.6 Å². The second-order valence-electron chi connectivity index (χ2n) is 12.7. The number of esters is 1. The molecule has 3 aromatic carbocycles. The summed E-state index contributed by atoms with van der Waals surface area (Å²) >= 11 is 0. The van der Waals surface area contributed by atoms with E-state index in [-0.39, 0.29) is 55.6 Å². The standard InChI is InChI=1S/C36H37N3O9/c1-36(2,3)25-13-9-12-24(20-25)22-48-35(46)37-19-18-29(34(44)45)39(37)33(43)28(16-17-30(40)47-21-23-10-5-4-6-11-23)38-31(41)26-14-7-8-15-27(26)32(38)42/h4-15,20,28-29H,16-19,21-22H2,1-3H3,(H,44,45)/t28?,29-/m0/s1. The van der Waals surface area contributed by atoms with Gasteiger partial charge >= 0.3 is 18.0 Å². The number of rotatable bonds is 10. The maximum Gasteiger partial charge on any atom is 0.429 e. The van der Waals surface area contributed by atoms with Crippen molar-refractivity contribution in [2.45, 2.75) is 70.7 Å². The fraction of sp³-hybridized carbons (Fsp3) is 0.333. The quantitative estimate of drug-likeness (QED) is 0.242. The zero-order valence-corrected chi connectivity index (χ0v) is 27.0. The van der Waals surface area contributed by atoms with E-state index in [9.17, 15) is 33.9 Å². The molecule has 2 heterocycles. The van der Waals surface area contributed by atoms with Gasteiger partial charge < -0.3 is 14.6 Å². The van der Waals surface area contributed by atoms with E-state index in [1.54, 1.807) is 42.5 Å². The van der Waals surface area contributed by atoms with Crippen molar-refractivity contribution in [3.63, 3.8) is 0 Å². The first-order valence-corrected chi connectivity index (χ1v) is 15.6. The summed E-state index contributed by atoms with van der Waals surface area (Å²) in [4.78, 5) is 80.6. The third-order valence-corrected chi connectivity index (χ3v) is 8.33. The van der Waals surface area contributed by atoms with Gasteiger partial charge in [0.15, 0.2) is 6.04 Å². The van der Waals surface area contributed by atoms with E-state index in [4.69, 9.17) is 9.47 Å². The lowest BCUT2D eigenvalue weighted by Gasteiger charge is -2.35. The van der Waals surface area contributed by atoms with Crippen LogP contribution in [0.2, 0.25) is 0 Å². The Morgan fingerprint density at radius 3 is 2.06 bits per heavy atom. The Labute approximate surface area is 277 Å². The van der Waals surface area contributed by atoms with E-state index < -0.39 is 47.8 Å². The number of ether oxygens (including phenoxy) is 2. The molecule has 2 aliphatic heterocycles. The van der Waals surface area contributed by atoms with Crippen LogP contribution in [0.3, 0.4) is 0 Å². The first-order chi connectivity index (χ1) is 22.9. The van der Waals surface area contributed by atoms with Gasteiger partial charge in [0.25, 0.3) is 17.7 Å². The lowest BCUT2D eigenvalue weighted by Crippen LogP contribution is -2.58. The summed E-state index contributed by atoms with van der Waals surface area (Å²) in [7, 11) is 0. The predicted molar refractivity (Wildman–Crippen MR) is 171 cm³/mol. The van der Waals surface area contributed by atoms with Crippen LogP contribution >= 0.6 is 0 Å². The van der Waals surface area contributed by atoms with Crippen LogP contribution in [0.4, 0.5) is 4.79 Å². The van der Waals surface area contributed by atoms with Crippen molar-refractivity contribution in [2.75, 3.05) is 6.54 Å². The van der Waals surface area contributed by atoms with Crippen molar-refractivity contribution in [2.24, 2.45) is 0 Å². The number of carbonyl (C=O) groups is 6. The maximum atomic E-state index is 14.3. The van der Waals surface area contributed by atoms with Gasteiger partial charge in [-0.05, 0) is 40.7 Å². The number of carboxylic acids is 1. The second kappa shape index (κ2) is 14.1. The van der Waals surface area contributed by atoms with Crippen molar-refractivity contribution in [1.29, 1.82) is 0 Å². The number of benzene rings is 3. The fourth-order valence-electron chi connectivity index (χ4n) is 5.74. The zero-order valence-electron chi connectivity index (χ0n) is 27.0. The van der Waals surface area contributed by atoms with Gasteiger partial charge in [-0.1, -0.05) is 87.5 Å². The molecule has 0 radical (unpaired) electrons. The molecule has 2 aliphatic rings. The third kappa shape index (κ3) is 7.22. The fourth-order valence-corrected chi connectivity index (χ4v) is 5.74. The van der Waals surface area contributed by atoms with E-state index in [1.165, 1.54) is 12.1 Å². The molecule has 250 valence electrons. The SMILES string of the molecule is CC(C)(C)c1cccc(COC(=O)N2CC[C@@H](C(=O)O)N2C(=O)C(CCC(=O)OCc2ccccc2)N2C(=O)c3ccccc3C2=O)c1. The molecule has 2 atom stereocenters. The maximum absolute atomic E-state index is 14.3. The van der Waals surface area contributed by atoms with E-state index in [1.807, 2.05) is 45.0 Å². The van der Waals surface area contributed by atoms with Crippen LogP contribution in [0.5, 0.6) is 0 Å². The van der Waals surface area contributed by atoms with Crippen LogP contribution in [0.1, 0.15) is 77.4 Å². The number of nitrogens with zero attached hydrogens (tertiary/aromatic N) is 3. The lowest BCUT2D eigenvalue weighted by atomic mass is 9.86. The van der Waals surface area contributed by atoms with E-state index in [2.05, 4.69) is 0 Å². The summed E-state index contributed by atoms with van der Waals surface area (Å²) in [5, 5.41) is 11.7. The largest absolute Gasteiger partial charge is 0.480 e. The number of amides is 4. The molecule has 5 rings (SSSR count). The minimum absolute atomic E-state index is 0.0310. The highest BCUT2D eigenvalue weighted by molar-refractivity contribution is 6.23. The molecule has 12 heteroatoms. The zero-order chi connectivity index (χ0) is 34.6. The van der Waals surface area contributed by atoms with Crippen LogP contribution in [0, 0.1) is 0 Å². The minimum Gasteiger partial charge on any atom is -0.480 e. The van der Waals surface area contributed by atoms with Crippen LogP contribution in [0.25, 0.3) is 0 Å². The summed E-state index contributed by atoms with van der Waals surface area (Å²) in [5.74, 6) is -4.65. The van der Waals surface area contributed by atoms with Crippen molar-refractivity contribution in [1.82, 2.24) is 14.9 Å². The van der Waals surface area contributed by atoms with Gasteiger partial charge in [-0.15, -0.1) is 0 Å². The molecule has 0 aromatic heterocycles. The first-order valence-electron chi connectivity index (χ1n) is 15.6. The summed E-state index contributed by atoms with van der Waals surface area (Å²) in [6, 6.07) is 19.3. The van der Waals surface area contributed by atoms with Gasteiger partial charge in [0.05, 0.1) is 11.1 Å². The molecule has 0 spiro atoms. The molecule has 0 saturated carbocycles. The number of carboxylic acid groups (broad SMARTS) is 1. The van der Waals surface area contributed by atoms with Crippen molar-refractivity contribution in [3.8, 4) is 0 Å². The number of hydrogen-bond donors (Lipinski definition) is 1. The Kier molecular flexibility index (Phi) is 9.92. The smallest absolute Gasteiger partial charge is 0.429 e. The summed E-state index contributed by atoms with van der Waals surface area (Å²) in [5.41, 5.74) is 2.43. The van der Waals surface area contributed by atoms with Gasteiger partial charge in [0.2, 0.25) is 0 Å². The Balaban J connectivity index is 1.38. The Bertz CT molecular complexity index is 1700. The van der Waals surface area contributed by atoms with Gasteiger partial charge in [-0.3, -0.25) is 24.1 Å². The van der Waals surface area contributed by atoms with E-state index in [0.717, 1.165) is 26.0 Å². The lowest BCUT2D eigenvalue weighted by molar-refractivity contribution is -0.161. The molecule has 1 saturated heterocycles. The monoisotopic (exact) mass is 655 g/mol. The van der Waals surface area contributed by atoms with Crippen LogP contribution in [-0.4, -0.2) is 74.4 Å². The molecule has 4 amide bonds. The molecule has 48 heavy (non-hydrogen) atoms. The van der Waals surface area contributed by atoms with Gasteiger partial charge in [0, 0.05) is 19.4 Å². The van der Waals surface area contributed by atoms with Gasteiger partial charge in [0.1, 0.15) is 19.3 Å². The number of fused-ring (bicyclic) bond motifs is 1. The first kappa shape index (κ1) is 33.8. The molecule has 3 aromatic rings. The molecular weight excluding hydrogens is 618 g/mol. The summed E-state index contributed by atoms with van der Waals surface area (Å²) in [6.07, 6.45) is -1.85. The molecule has 1 fully saturated rings. The predicted octanol–water partition coefficient (Wildman–Crippen LogP) is 4.71. The van der Waals surface area contributed by atoms with Crippen LogP contribution in [-0.2, 0) is 42.5 Å². The topological polar surface area (TPSA) is 151 Å². The van der Waals surface area contributed by atoms with E-state index in [0.29, 0.717) is 5.56 Å². The molecule has 0 bridgehead atoms. The van der Waals surface area contributed by atoms with Crippen molar-refractivity contribution < 1.29 is 43.3 Å². The number of hydrogen-bond acceptors (Lipinski definition) is 8. The molecule has 1 N–H and O–H groups in total. The average Bonchev–Trinajstić information content (AvgIpc) is 3.63. The van der Waals surface area contributed by atoms with Crippen LogP contribution < -0.4 is 0 Å². The number of carbonyl (C=O) groups excluding carboxylic acids is 5. The molecule has 1 unspecified atom stereocenters. The van der Waals surface area contributed by atoms with E-state index >= 15 is 0 Å². The van der Waals surface area contributed by atoms with Crippen molar-refractivity contribution in [3.05, 3.63) is 107 Å². The highest BCUT2D eigenvalue weighted by atomic mass is 16.6. The summed E-state index contributed by atoms with van der Waals surface area (Å²) in [6.45, 7) is 5.80. The third-order valence-electron chi connectivity index (χ3n) is 8.33. The average molecular weight is 656 g/mol. The van der Waals surface area contributed by atoms with Crippen molar-refractivity contribution >= 4 is 35.8 Å². The molecular formula is C36H37N3O9. The Morgan fingerprint density at radius 2 is 1.44 bits per heavy atom. The normalized spacial score (nSPS) is 16.5. The van der Waals surface area contributed by atoms with Gasteiger partial charge in [-0.2, -0.15) is 0 Å². The Hall–Kier alpha value is -5.52. The van der Waals surface area contributed by atoms with Crippen LogP contribution in [0.15, 0.2) is 78.9 Å².